The second-order valence-electron chi connectivity index (χ2n) is 4.74. The zero-order chi connectivity index (χ0) is 13.0. The molecule has 1 heterocycles. The predicted molar refractivity (Wildman–Crippen MR) is 70.4 cm³/mol. The van der Waals surface area contributed by atoms with Crippen molar-refractivity contribution in [1.29, 1.82) is 5.26 Å². The van der Waals surface area contributed by atoms with Gasteiger partial charge in [0.15, 0.2) is 0 Å². The van der Waals surface area contributed by atoms with E-state index in [4.69, 9.17) is 0 Å². The highest BCUT2D eigenvalue weighted by molar-refractivity contribution is 5.55. The highest BCUT2D eigenvalue weighted by Crippen LogP contribution is 2.24. The van der Waals surface area contributed by atoms with Gasteiger partial charge < -0.3 is 10.4 Å². The van der Waals surface area contributed by atoms with Crippen molar-refractivity contribution in [2.24, 2.45) is 0 Å². The van der Waals surface area contributed by atoms with Gasteiger partial charge >= 0.3 is 0 Å². The van der Waals surface area contributed by atoms with Gasteiger partial charge in [-0.1, -0.05) is 6.92 Å². The number of nitrogens with one attached hydrogen (secondary N) is 1. The smallest absolute Gasteiger partial charge is 0.144 e. The van der Waals surface area contributed by atoms with E-state index in [-0.39, 0.29) is 12.6 Å². The van der Waals surface area contributed by atoms with Crippen LogP contribution in [0.2, 0.25) is 0 Å². The average Bonchev–Trinajstić information content (AvgIpc) is 2.43. The van der Waals surface area contributed by atoms with Crippen LogP contribution in [0.4, 0.5) is 5.82 Å². The van der Waals surface area contributed by atoms with Crippen LogP contribution in [-0.2, 0) is 12.8 Å². The summed E-state index contributed by atoms with van der Waals surface area (Å²) >= 11 is 0. The number of pyridine rings is 1. The molecule has 1 aliphatic rings. The van der Waals surface area contributed by atoms with Crippen molar-refractivity contribution in [3.8, 4) is 6.07 Å². The topological polar surface area (TPSA) is 68.9 Å². The quantitative estimate of drug-likeness (QED) is 0.851. The van der Waals surface area contributed by atoms with Crippen LogP contribution < -0.4 is 5.32 Å². The molecule has 2 N–H and O–H groups in total. The summed E-state index contributed by atoms with van der Waals surface area (Å²) in [4.78, 5) is 4.58. The number of aryl methyl sites for hydroxylation is 2. The Kier molecular flexibility index (Phi) is 4.16. The first kappa shape index (κ1) is 12.8. The van der Waals surface area contributed by atoms with Gasteiger partial charge in [0.05, 0.1) is 18.2 Å². The Bertz CT molecular complexity index is 461. The number of aliphatic hydroxyl groups excluding tert-OH is 1. The number of nitriles is 1. The number of hydrogen-bond acceptors (Lipinski definition) is 4. The van der Waals surface area contributed by atoms with Crippen LogP contribution in [0.3, 0.4) is 0 Å². The fourth-order valence-electron chi connectivity index (χ4n) is 2.30. The fourth-order valence-corrected chi connectivity index (χ4v) is 2.30. The first-order valence-corrected chi connectivity index (χ1v) is 6.58. The SMILES string of the molecule is CCC(CO)Nc1nc2c(cc1C#N)CCCC2. The Balaban J connectivity index is 2.31. The normalized spacial score (nSPS) is 15.6. The Morgan fingerprint density at radius 1 is 1.50 bits per heavy atom. The van der Waals surface area contributed by atoms with Crippen molar-refractivity contribution in [2.45, 2.75) is 45.1 Å². The molecule has 18 heavy (non-hydrogen) atoms. The molecule has 1 atom stereocenters. The summed E-state index contributed by atoms with van der Waals surface area (Å²) in [5, 5.41) is 21.6. The maximum absolute atomic E-state index is 9.22. The number of aliphatic hydroxyl groups is 1. The average molecular weight is 245 g/mol. The minimum atomic E-state index is -0.0359. The fraction of sp³-hybridized carbons (Fsp3) is 0.571. The standard InChI is InChI=1S/C14H19N3O/c1-2-12(9-18)16-14-11(8-15)7-10-5-3-4-6-13(10)17-14/h7,12,18H,2-6,9H2,1H3,(H,16,17). The lowest BCUT2D eigenvalue weighted by atomic mass is 9.95. The molecular formula is C14H19N3O. The Hall–Kier alpha value is -1.60. The van der Waals surface area contributed by atoms with E-state index in [1.54, 1.807) is 0 Å². The Morgan fingerprint density at radius 2 is 2.28 bits per heavy atom. The maximum Gasteiger partial charge on any atom is 0.144 e. The van der Waals surface area contributed by atoms with Gasteiger partial charge in [0.1, 0.15) is 11.9 Å². The summed E-state index contributed by atoms with van der Waals surface area (Å²) in [7, 11) is 0. The second kappa shape index (κ2) is 5.83. The number of rotatable bonds is 4. The number of nitrogens with zero attached hydrogens (tertiary/aromatic N) is 2. The first-order chi connectivity index (χ1) is 8.78. The van der Waals surface area contributed by atoms with Crippen molar-refractivity contribution in [3.05, 3.63) is 22.9 Å². The molecule has 0 bridgehead atoms. The predicted octanol–water partition coefficient (Wildman–Crippen LogP) is 2.01. The monoisotopic (exact) mass is 245 g/mol. The summed E-state index contributed by atoms with van der Waals surface area (Å²) in [6.07, 6.45) is 5.17. The number of fused-ring (bicyclic) bond motifs is 1. The van der Waals surface area contributed by atoms with E-state index in [1.165, 1.54) is 18.4 Å². The maximum atomic E-state index is 9.22. The Labute approximate surface area is 108 Å². The van der Waals surface area contributed by atoms with Gasteiger partial charge in [-0.3, -0.25) is 0 Å². The molecule has 96 valence electrons. The van der Waals surface area contributed by atoms with E-state index in [1.807, 2.05) is 13.0 Å². The summed E-state index contributed by atoms with van der Waals surface area (Å²) in [5.41, 5.74) is 2.90. The molecule has 4 heteroatoms. The van der Waals surface area contributed by atoms with Crippen LogP contribution >= 0.6 is 0 Å². The largest absolute Gasteiger partial charge is 0.394 e. The summed E-state index contributed by atoms with van der Waals surface area (Å²) in [5.74, 6) is 0.624. The van der Waals surface area contributed by atoms with E-state index in [2.05, 4.69) is 16.4 Å². The molecule has 0 amide bonds. The van der Waals surface area contributed by atoms with Crippen molar-refractivity contribution in [3.63, 3.8) is 0 Å². The van der Waals surface area contributed by atoms with Gasteiger partial charge in [0.2, 0.25) is 0 Å². The minimum Gasteiger partial charge on any atom is -0.394 e. The number of hydrogen-bond donors (Lipinski definition) is 2. The molecule has 1 unspecified atom stereocenters. The molecule has 2 rings (SSSR count). The van der Waals surface area contributed by atoms with Crippen LogP contribution in [0.15, 0.2) is 6.07 Å². The van der Waals surface area contributed by atoms with E-state index in [9.17, 15) is 10.4 Å². The molecule has 0 saturated carbocycles. The molecule has 1 aromatic rings. The second-order valence-corrected chi connectivity index (χ2v) is 4.74. The molecule has 0 aromatic carbocycles. The molecule has 4 nitrogen and oxygen atoms in total. The highest BCUT2D eigenvalue weighted by Gasteiger charge is 2.16. The van der Waals surface area contributed by atoms with Gasteiger partial charge in [0.25, 0.3) is 0 Å². The zero-order valence-corrected chi connectivity index (χ0v) is 10.7. The van der Waals surface area contributed by atoms with E-state index >= 15 is 0 Å². The lowest BCUT2D eigenvalue weighted by Gasteiger charge is -2.20. The van der Waals surface area contributed by atoms with Crippen LogP contribution in [0.5, 0.6) is 0 Å². The van der Waals surface area contributed by atoms with E-state index in [0.29, 0.717) is 11.4 Å². The minimum absolute atomic E-state index is 0.0359. The number of anilines is 1. The van der Waals surface area contributed by atoms with Crippen LogP contribution in [0, 0.1) is 11.3 Å². The van der Waals surface area contributed by atoms with Crippen LogP contribution in [0.1, 0.15) is 43.0 Å². The molecule has 0 fully saturated rings. The molecule has 0 aliphatic heterocycles. The molecule has 1 aliphatic carbocycles. The van der Waals surface area contributed by atoms with Crippen LogP contribution in [0.25, 0.3) is 0 Å². The van der Waals surface area contributed by atoms with Crippen molar-refractivity contribution >= 4 is 5.82 Å². The molecular weight excluding hydrogens is 226 g/mol. The third-order valence-corrected chi connectivity index (χ3v) is 3.48. The van der Waals surface area contributed by atoms with Gasteiger partial charge in [-0.2, -0.15) is 5.26 Å². The van der Waals surface area contributed by atoms with Gasteiger partial charge in [-0.15, -0.1) is 0 Å². The molecule has 0 spiro atoms. The van der Waals surface area contributed by atoms with E-state index in [0.717, 1.165) is 25.0 Å². The Morgan fingerprint density at radius 3 is 2.94 bits per heavy atom. The van der Waals surface area contributed by atoms with E-state index < -0.39 is 0 Å². The van der Waals surface area contributed by atoms with Crippen LogP contribution in [-0.4, -0.2) is 22.7 Å². The number of aromatic nitrogens is 1. The summed E-state index contributed by atoms with van der Waals surface area (Å²) < 4.78 is 0. The van der Waals surface area contributed by atoms with Crippen molar-refractivity contribution < 1.29 is 5.11 Å². The zero-order valence-electron chi connectivity index (χ0n) is 10.7. The molecule has 0 saturated heterocycles. The lowest BCUT2D eigenvalue weighted by molar-refractivity contribution is 0.271. The lowest BCUT2D eigenvalue weighted by Crippen LogP contribution is -2.24. The van der Waals surface area contributed by atoms with Crippen molar-refractivity contribution in [1.82, 2.24) is 4.98 Å². The van der Waals surface area contributed by atoms with Gasteiger partial charge in [0, 0.05) is 5.69 Å². The van der Waals surface area contributed by atoms with Gasteiger partial charge in [-0.25, -0.2) is 4.98 Å². The summed E-state index contributed by atoms with van der Waals surface area (Å²) in [6, 6.07) is 4.11. The molecule has 1 aromatic heterocycles. The summed E-state index contributed by atoms with van der Waals surface area (Å²) in [6.45, 7) is 2.05. The van der Waals surface area contributed by atoms with Gasteiger partial charge in [-0.05, 0) is 43.7 Å². The molecule has 0 radical (unpaired) electrons. The highest BCUT2D eigenvalue weighted by atomic mass is 16.3. The third kappa shape index (κ3) is 2.62. The first-order valence-electron chi connectivity index (χ1n) is 6.58. The third-order valence-electron chi connectivity index (χ3n) is 3.48. The van der Waals surface area contributed by atoms with Crippen molar-refractivity contribution in [2.75, 3.05) is 11.9 Å².